The first-order valence-corrected chi connectivity index (χ1v) is 12.9. The first-order chi connectivity index (χ1) is 17.9. The number of esters is 1. The fraction of sp³-hybridized carbons (Fsp3) is 0.448. The zero-order valence-electron chi connectivity index (χ0n) is 21.7. The van der Waals surface area contributed by atoms with Gasteiger partial charge < -0.3 is 20.5 Å². The molecule has 2 aromatic rings. The number of ether oxygens (including phenoxy) is 1. The van der Waals surface area contributed by atoms with Crippen molar-refractivity contribution < 1.29 is 29.0 Å². The van der Waals surface area contributed by atoms with Crippen molar-refractivity contribution in [3.8, 4) is 0 Å². The SMILES string of the molecule is COC(=O)CCCCCCC(=O)Nc1ccccc1.O=C(O)CCCCCCC(=O)Nc1ccccc1. The van der Waals surface area contributed by atoms with Crippen molar-refractivity contribution in [1.29, 1.82) is 0 Å². The summed E-state index contributed by atoms with van der Waals surface area (Å²) in [6, 6.07) is 18.8. The van der Waals surface area contributed by atoms with Gasteiger partial charge in [-0.2, -0.15) is 0 Å². The minimum Gasteiger partial charge on any atom is -0.481 e. The van der Waals surface area contributed by atoms with Crippen LogP contribution in [0, 0.1) is 0 Å². The molecule has 0 fully saturated rings. The largest absolute Gasteiger partial charge is 0.481 e. The molecule has 2 rings (SSSR count). The number of carboxylic acid groups (broad SMARTS) is 1. The van der Waals surface area contributed by atoms with Crippen LogP contribution in [0.2, 0.25) is 0 Å². The van der Waals surface area contributed by atoms with Crippen molar-refractivity contribution in [2.75, 3.05) is 17.7 Å². The van der Waals surface area contributed by atoms with Gasteiger partial charge in [0.1, 0.15) is 0 Å². The Morgan fingerprint density at radius 3 is 1.35 bits per heavy atom. The summed E-state index contributed by atoms with van der Waals surface area (Å²) in [5, 5.41) is 14.1. The quantitative estimate of drug-likeness (QED) is 0.182. The fourth-order valence-electron chi connectivity index (χ4n) is 3.42. The number of unbranched alkanes of at least 4 members (excludes halogenated alkanes) is 6. The van der Waals surface area contributed by atoms with Gasteiger partial charge in [0, 0.05) is 37.1 Å². The summed E-state index contributed by atoms with van der Waals surface area (Å²) < 4.78 is 4.56. The lowest BCUT2D eigenvalue weighted by Gasteiger charge is -2.04. The monoisotopic (exact) mass is 512 g/mol. The molecule has 0 saturated heterocycles. The lowest BCUT2D eigenvalue weighted by atomic mass is 10.1. The van der Waals surface area contributed by atoms with E-state index >= 15 is 0 Å². The highest BCUT2D eigenvalue weighted by Crippen LogP contribution is 2.10. The Morgan fingerprint density at radius 2 is 0.973 bits per heavy atom. The van der Waals surface area contributed by atoms with E-state index in [0.29, 0.717) is 25.7 Å². The molecule has 0 heterocycles. The molecule has 0 aliphatic carbocycles. The number of benzene rings is 2. The van der Waals surface area contributed by atoms with E-state index in [-0.39, 0.29) is 24.2 Å². The smallest absolute Gasteiger partial charge is 0.305 e. The third kappa shape index (κ3) is 18.3. The van der Waals surface area contributed by atoms with Crippen LogP contribution in [0.1, 0.15) is 77.0 Å². The van der Waals surface area contributed by atoms with Crippen LogP contribution in [-0.2, 0) is 23.9 Å². The molecule has 8 nitrogen and oxygen atoms in total. The summed E-state index contributed by atoms with van der Waals surface area (Å²) >= 11 is 0. The summed E-state index contributed by atoms with van der Waals surface area (Å²) in [4.78, 5) is 44.3. The summed E-state index contributed by atoms with van der Waals surface area (Å²) in [7, 11) is 1.40. The molecule has 8 heteroatoms. The van der Waals surface area contributed by atoms with Gasteiger partial charge in [0.05, 0.1) is 7.11 Å². The maximum absolute atomic E-state index is 11.6. The molecule has 0 saturated carbocycles. The van der Waals surface area contributed by atoms with Gasteiger partial charge in [0.25, 0.3) is 0 Å². The molecule has 0 spiro atoms. The molecule has 3 N–H and O–H groups in total. The van der Waals surface area contributed by atoms with Crippen molar-refractivity contribution in [2.24, 2.45) is 0 Å². The van der Waals surface area contributed by atoms with Gasteiger partial charge in [-0.25, -0.2) is 0 Å². The minimum atomic E-state index is -0.753. The number of rotatable bonds is 16. The number of aliphatic carboxylic acids is 1. The molecule has 0 aliphatic heterocycles. The fourth-order valence-corrected chi connectivity index (χ4v) is 3.42. The second kappa shape index (κ2) is 20.5. The van der Waals surface area contributed by atoms with E-state index in [2.05, 4.69) is 15.4 Å². The molecular formula is C29H40N2O6. The molecule has 0 atom stereocenters. The van der Waals surface area contributed by atoms with E-state index in [4.69, 9.17) is 5.11 Å². The molecule has 0 bridgehead atoms. The summed E-state index contributed by atoms with van der Waals surface area (Å²) in [5.74, 6) is -0.864. The molecule has 0 aromatic heterocycles. The number of carbonyl (C=O) groups is 4. The first kappa shape index (κ1) is 31.4. The van der Waals surface area contributed by atoms with Gasteiger partial charge >= 0.3 is 11.9 Å². The van der Waals surface area contributed by atoms with Crippen LogP contribution >= 0.6 is 0 Å². The van der Waals surface area contributed by atoms with Crippen molar-refractivity contribution in [3.05, 3.63) is 60.7 Å². The van der Waals surface area contributed by atoms with Crippen LogP contribution in [-0.4, -0.2) is 36.0 Å². The number of methoxy groups -OCH3 is 1. The van der Waals surface area contributed by atoms with Crippen LogP contribution in [0.25, 0.3) is 0 Å². The Labute approximate surface area is 219 Å². The molecule has 37 heavy (non-hydrogen) atoms. The molecular weight excluding hydrogens is 472 g/mol. The minimum absolute atomic E-state index is 0.0134. The number of anilines is 2. The average Bonchev–Trinajstić information content (AvgIpc) is 2.89. The van der Waals surface area contributed by atoms with Gasteiger partial charge in [0.2, 0.25) is 11.8 Å². The van der Waals surface area contributed by atoms with E-state index in [1.54, 1.807) is 0 Å². The van der Waals surface area contributed by atoms with Gasteiger partial charge in [-0.3, -0.25) is 19.2 Å². The van der Waals surface area contributed by atoms with Crippen LogP contribution in [0.5, 0.6) is 0 Å². The number of nitrogens with one attached hydrogen (secondary N) is 2. The van der Waals surface area contributed by atoms with Gasteiger partial charge in [-0.1, -0.05) is 62.1 Å². The van der Waals surface area contributed by atoms with E-state index in [1.807, 2.05) is 60.7 Å². The second-order valence-electron chi connectivity index (χ2n) is 8.63. The third-order valence-electron chi connectivity index (χ3n) is 5.42. The summed E-state index contributed by atoms with van der Waals surface area (Å²) in [5.41, 5.74) is 1.64. The highest BCUT2D eigenvalue weighted by molar-refractivity contribution is 5.91. The molecule has 2 amide bonds. The van der Waals surface area contributed by atoms with Crippen LogP contribution < -0.4 is 10.6 Å². The van der Waals surface area contributed by atoms with Gasteiger partial charge in [-0.05, 0) is 49.9 Å². The number of amides is 2. The Hall–Kier alpha value is -3.68. The van der Waals surface area contributed by atoms with Crippen LogP contribution in [0.15, 0.2) is 60.7 Å². The van der Waals surface area contributed by atoms with Gasteiger partial charge in [-0.15, -0.1) is 0 Å². The number of para-hydroxylation sites is 2. The Bertz CT molecular complexity index is 919. The lowest BCUT2D eigenvalue weighted by Crippen LogP contribution is -2.10. The van der Waals surface area contributed by atoms with E-state index in [0.717, 1.165) is 56.3 Å². The lowest BCUT2D eigenvalue weighted by molar-refractivity contribution is -0.141. The van der Waals surface area contributed by atoms with E-state index < -0.39 is 5.97 Å². The summed E-state index contributed by atoms with van der Waals surface area (Å²) in [6.45, 7) is 0. The maximum atomic E-state index is 11.6. The highest BCUT2D eigenvalue weighted by Gasteiger charge is 2.04. The Balaban J connectivity index is 0.000000371. The van der Waals surface area contributed by atoms with E-state index in [9.17, 15) is 19.2 Å². The first-order valence-electron chi connectivity index (χ1n) is 12.9. The van der Waals surface area contributed by atoms with E-state index in [1.165, 1.54) is 7.11 Å². The molecule has 0 radical (unpaired) electrons. The van der Waals surface area contributed by atoms with Crippen molar-refractivity contribution in [1.82, 2.24) is 0 Å². The number of hydrogen-bond donors (Lipinski definition) is 3. The van der Waals surface area contributed by atoms with Crippen LogP contribution in [0.3, 0.4) is 0 Å². The Kier molecular flexibility index (Phi) is 17.4. The standard InChI is InChI=1S/C15H21NO3.C14H19NO3/c1-19-15(18)12-8-3-2-7-11-14(17)16-13-9-5-4-6-10-13;16-13(15-12-8-4-3-5-9-12)10-6-1-2-7-11-14(17)18/h4-6,9-10H,2-3,7-8,11-12H2,1H3,(H,16,17);3-5,8-9H,1-2,6-7,10-11H2,(H,15,16)(H,17,18). The molecule has 2 aromatic carbocycles. The molecule has 202 valence electrons. The average molecular weight is 513 g/mol. The second-order valence-corrected chi connectivity index (χ2v) is 8.63. The number of carboxylic acids is 1. The van der Waals surface area contributed by atoms with Crippen LogP contribution in [0.4, 0.5) is 11.4 Å². The van der Waals surface area contributed by atoms with Crippen molar-refractivity contribution >= 4 is 35.1 Å². The summed E-state index contributed by atoms with van der Waals surface area (Å²) in [6.07, 6.45) is 8.53. The van der Waals surface area contributed by atoms with Crippen molar-refractivity contribution in [2.45, 2.75) is 77.0 Å². The number of hydrogen-bond acceptors (Lipinski definition) is 5. The molecule has 0 unspecified atom stereocenters. The predicted molar refractivity (Wildman–Crippen MR) is 145 cm³/mol. The number of carbonyl (C=O) groups excluding carboxylic acids is 3. The molecule has 0 aliphatic rings. The maximum Gasteiger partial charge on any atom is 0.305 e. The Morgan fingerprint density at radius 1 is 0.595 bits per heavy atom. The zero-order valence-corrected chi connectivity index (χ0v) is 21.7. The van der Waals surface area contributed by atoms with Gasteiger partial charge in [0.15, 0.2) is 0 Å². The third-order valence-corrected chi connectivity index (χ3v) is 5.42. The zero-order chi connectivity index (χ0) is 27.1. The predicted octanol–water partition coefficient (Wildman–Crippen LogP) is 6.19. The highest BCUT2D eigenvalue weighted by atomic mass is 16.5. The normalized spacial score (nSPS) is 9.97. The topological polar surface area (TPSA) is 122 Å². The van der Waals surface area contributed by atoms with Crippen molar-refractivity contribution in [3.63, 3.8) is 0 Å².